The number of benzene rings is 3. The zero-order valence-corrected chi connectivity index (χ0v) is 15.3. The zero-order chi connectivity index (χ0) is 20.3. The van der Waals surface area contributed by atoms with Gasteiger partial charge in [-0.1, -0.05) is 18.2 Å². The second kappa shape index (κ2) is 6.24. The van der Waals surface area contributed by atoms with E-state index in [0.29, 0.717) is 16.7 Å². The number of fused-ring (bicyclic) bond motifs is 1. The van der Waals surface area contributed by atoms with Crippen molar-refractivity contribution in [1.82, 2.24) is 5.32 Å². The molecule has 0 radical (unpaired) electrons. The molecule has 0 saturated heterocycles. The largest absolute Gasteiger partial charge is 0.465 e. The van der Waals surface area contributed by atoms with Gasteiger partial charge in [-0.15, -0.1) is 0 Å². The molecule has 6 heteroatoms. The topological polar surface area (TPSA) is 55.4 Å². The average molecular weight is 391 g/mol. The van der Waals surface area contributed by atoms with Crippen molar-refractivity contribution in [3.63, 3.8) is 0 Å². The lowest BCUT2D eigenvalue weighted by Crippen LogP contribution is -2.44. The summed E-state index contributed by atoms with van der Waals surface area (Å²) < 4.78 is 32.3. The van der Waals surface area contributed by atoms with Gasteiger partial charge in [-0.2, -0.15) is 0 Å². The quantitative estimate of drug-likeness (QED) is 0.670. The van der Waals surface area contributed by atoms with Crippen LogP contribution in [0.5, 0.6) is 0 Å². The van der Waals surface area contributed by atoms with E-state index in [1.165, 1.54) is 19.2 Å². The van der Waals surface area contributed by atoms with Crippen molar-refractivity contribution in [3.8, 4) is 11.1 Å². The Morgan fingerprint density at radius 2 is 1.72 bits per heavy atom. The minimum absolute atomic E-state index is 0.141. The van der Waals surface area contributed by atoms with Crippen LogP contribution in [0.2, 0.25) is 0 Å². The van der Waals surface area contributed by atoms with E-state index >= 15 is 0 Å². The first-order valence-corrected chi connectivity index (χ1v) is 9.09. The van der Waals surface area contributed by atoms with Gasteiger partial charge in [0.2, 0.25) is 5.91 Å². The molecule has 1 amide bonds. The predicted molar refractivity (Wildman–Crippen MR) is 101 cm³/mol. The first-order chi connectivity index (χ1) is 14.0. The molecule has 0 spiro atoms. The second-order valence-corrected chi connectivity index (χ2v) is 7.18. The highest BCUT2D eigenvalue weighted by Crippen LogP contribution is 2.47. The van der Waals surface area contributed by atoms with Gasteiger partial charge in [-0.05, 0) is 58.1 Å². The molecule has 3 aromatic carbocycles. The third-order valence-electron chi connectivity index (χ3n) is 5.63. The molecule has 1 N–H and O–H groups in total. The normalized spacial score (nSPS) is 18.7. The van der Waals surface area contributed by atoms with Crippen LogP contribution in [-0.2, 0) is 9.53 Å². The monoisotopic (exact) mass is 391 g/mol. The standard InChI is InChI=1S/C23H15F2NO3/c1-29-23(28)12-3-6-16-17(9-12)20-15-5-2-11(8-18(15)21(16)26-22(20)27)14-7-4-13(24)10-19(14)25/h2-10,20-21H,1H3,(H,26,27). The van der Waals surface area contributed by atoms with Crippen LogP contribution in [0.3, 0.4) is 0 Å². The lowest BCUT2D eigenvalue weighted by atomic mass is 9.70. The minimum Gasteiger partial charge on any atom is -0.465 e. The third-order valence-corrected chi connectivity index (χ3v) is 5.63. The van der Waals surface area contributed by atoms with Gasteiger partial charge in [0.1, 0.15) is 11.6 Å². The SMILES string of the molecule is COC(=O)c1ccc2c(c1)C1C(=O)NC2c2cc(-c3ccc(F)cc3F)ccc21. The Hall–Kier alpha value is -3.54. The van der Waals surface area contributed by atoms with Gasteiger partial charge >= 0.3 is 5.97 Å². The highest BCUT2D eigenvalue weighted by Gasteiger charge is 2.43. The molecule has 4 nitrogen and oxygen atoms in total. The van der Waals surface area contributed by atoms with E-state index in [9.17, 15) is 18.4 Å². The Kier molecular flexibility index (Phi) is 3.77. The van der Waals surface area contributed by atoms with Crippen LogP contribution in [0, 0.1) is 11.6 Å². The fourth-order valence-electron chi connectivity index (χ4n) is 4.31. The Morgan fingerprint density at radius 3 is 2.48 bits per heavy atom. The second-order valence-electron chi connectivity index (χ2n) is 7.18. The van der Waals surface area contributed by atoms with Crippen LogP contribution < -0.4 is 5.32 Å². The van der Waals surface area contributed by atoms with Gasteiger partial charge in [-0.25, -0.2) is 13.6 Å². The number of hydrogen-bond donors (Lipinski definition) is 1. The van der Waals surface area contributed by atoms with Crippen molar-refractivity contribution in [1.29, 1.82) is 0 Å². The van der Waals surface area contributed by atoms with Crippen LogP contribution in [0.15, 0.2) is 54.6 Å². The molecule has 3 aliphatic rings. The van der Waals surface area contributed by atoms with E-state index in [1.807, 2.05) is 12.1 Å². The Labute approximate surface area is 165 Å². The van der Waals surface area contributed by atoms with Crippen LogP contribution >= 0.6 is 0 Å². The van der Waals surface area contributed by atoms with Gasteiger partial charge in [0.25, 0.3) is 0 Å². The van der Waals surface area contributed by atoms with Crippen molar-refractivity contribution in [3.05, 3.63) is 94.0 Å². The van der Waals surface area contributed by atoms with Gasteiger partial charge in [0.05, 0.1) is 24.6 Å². The summed E-state index contributed by atoms with van der Waals surface area (Å²) in [6.07, 6.45) is 0. The number of carbonyl (C=O) groups excluding carboxylic acids is 2. The Balaban J connectivity index is 1.65. The molecule has 144 valence electrons. The van der Waals surface area contributed by atoms with Crippen LogP contribution in [0.1, 0.15) is 44.6 Å². The molecule has 0 fully saturated rings. The van der Waals surface area contributed by atoms with E-state index < -0.39 is 29.6 Å². The number of carbonyl (C=O) groups is 2. The summed E-state index contributed by atoms with van der Waals surface area (Å²) in [7, 11) is 1.31. The first kappa shape index (κ1) is 17.6. The van der Waals surface area contributed by atoms with Gasteiger partial charge in [0, 0.05) is 11.6 Å². The average Bonchev–Trinajstić information content (AvgIpc) is 2.72. The van der Waals surface area contributed by atoms with Crippen molar-refractivity contribution in [2.24, 2.45) is 0 Å². The fourth-order valence-corrected chi connectivity index (χ4v) is 4.31. The molecule has 2 bridgehead atoms. The number of methoxy groups -OCH3 is 1. The summed E-state index contributed by atoms with van der Waals surface area (Å²) in [5, 5.41) is 2.98. The molecule has 2 heterocycles. The van der Waals surface area contributed by atoms with Gasteiger partial charge in [0.15, 0.2) is 0 Å². The predicted octanol–water partition coefficient (Wildman–Crippen LogP) is 4.08. The number of amides is 1. The number of hydrogen-bond acceptors (Lipinski definition) is 3. The van der Waals surface area contributed by atoms with Gasteiger partial charge < -0.3 is 10.1 Å². The lowest BCUT2D eigenvalue weighted by Gasteiger charge is -2.40. The van der Waals surface area contributed by atoms with Crippen LogP contribution in [-0.4, -0.2) is 19.0 Å². The molecule has 0 aromatic heterocycles. The third kappa shape index (κ3) is 2.56. The maximum absolute atomic E-state index is 14.3. The molecular weight excluding hydrogens is 376 g/mol. The van der Waals surface area contributed by atoms with Crippen LogP contribution in [0.4, 0.5) is 8.78 Å². The fraction of sp³-hybridized carbons (Fsp3) is 0.130. The molecular formula is C23H15F2NO3. The number of ether oxygens (including phenoxy) is 1. The van der Waals surface area contributed by atoms with E-state index in [0.717, 1.165) is 28.3 Å². The summed E-state index contributed by atoms with van der Waals surface area (Å²) in [5.74, 6) is -2.43. The molecule has 3 aromatic rings. The maximum atomic E-state index is 14.3. The number of esters is 1. The molecule has 2 unspecified atom stereocenters. The van der Waals surface area contributed by atoms with E-state index in [4.69, 9.17) is 4.74 Å². The van der Waals surface area contributed by atoms with Crippen LogP contribution in [0.25, 0.3) is 11.1 Å². The van der Waals surface area contributed by atoms with Crippen molar-refractivity contribution in [2.75, 3.05) is 7.11 Å². The number of rotatable bonds is 2. The highest BCUT2D eigenvalue weighted by atomic mass is 19.1. The van der Waals surface area contributed by atoms with Gasteiger partial charge in [-0.3, -0.25) is 4.79 Å². The molecule has 1 aliphatic carbocycles. The lowest BCUT2D eigenvalue weighted by molar-refractivity contribution is -0.123. The zero-order valence-electron chi connectivity index (χ0n) is 15.3. The maximum Gasteiger partial charge on any atom is 0.337 e. The number of halogens is 2. The molecule has 6 rings (SSSR count). The van der Waals surface area contributed by atoms with Crippen molar-refractivity contribution >= 4 is 11.9 Å². The van der Waals surface area contributed by atoms with E-state index in [-0.39, 0.29) is 5.91 Å². The summed E-state index contributed by atoms with van der Waals surface area (Å²) in [4.78, 5) is 24.6. The molecule has 0 saturated carbocycles. The van der Waals surface area contributed by atoms with E-state index in [1.54, 1.807) is 24.3 Å². The Morgan fingerprint density at radius 1 is 0.931 bits per heavy atom. The Bertz CT molecular complexity index is 1200. The highest BCUT2D eigenvalue weighted by molar-refractivity contribution is 5.96. The molecule has 2 aliphatic heterocycles. The number of nitrogens with one attached hydrogen (secondary N) is 1. The summed E-state index contributed by atoms with van der Waals surface area (Å²) in [6.45, 7) is 0. The first-order valence-electron chi connectivity index (χ1n) is 9.09. The van der Waals surface area contributed by atoms with Crippen molar-refractivity contribution in [2.45, 2.75) is 12.0 Å². The smallest absolute Gasteiger partial charge is 0.337 e. The summed E-state index contributed by atoms with van der Waals surface area (Å²) in [5.41, 5.74) is 4.65. The molecule has 29 heavy (non-hydrogen) atoms. The molecule has 2 atom stereocenters. The minimum atomic E-state index is -0.641. The van der Waals surface area contributed by atoms with E-state index in [2.05, 4.69) is 5.32 Å². The summed E-state index contributed by atoms with van der Waals surface area (Å²) >= 11 is 0. The summed E-state index contributed by atoms with van der Waals surface area (Å²) in [6, 6.07) is 13.6. The van der Waals surface area contributed by atoms with Crippen molar-refractivity contribution < 1.29 is 23.1 Å².